The molecule has 3 aromatic carbocycles. The van der Waals surface area contributed by atoms with Gasteiger partial charge in [0.1, 0.15) is 22.9 Å². The molecule has 2 N–H and O–H groups in total. The summed E-state index contributed by atoms with van der Waals surface area (Å²) in [7, 11) is 4.69. The maximum absolute atomic E-state index is 13.0. The Morgan fingerprint density at radius 2 is 1.16 bits per heavy atom. The lowest BCUT2D eigenvalue weighted by Gasteiger charge is -2.12. The molecule has 0 aliphatic rings. The fourth-order valence-electron chi connectivity index (χ4n) is 2.83. The number of ether oxygens (including phenoxy) is 3. The third-order valence-corrected chi connectivity index (χ3v) is 4.62. The highest BCUT2D eigenvalue weighted by Crippen LogP contribution is 2.18. The number of carbonyl (C=O) groups excluding carboxylic acids is 2. The molecule has 0 aliphatic carbocycles. The third-order valence-electron chi connectivity index (χ3n) is 4.62. The number of methoxy groups -OCH3 is 3. The second-order valence-electron chi connectivity index (χ2n) is 6.70. The molecule has 0 saturated carbocycles. The standard InChI is InChI=1S/C25H24N2O5/c1-30-20-10-4-17(5-11-20)16-23(25(29)26-19-8-14-22(32-3)15-9-19)27-24(28)18-6-12-21(31-2)13-7-18/h4-16H,1-3H3,(H,26,29)(H,27,28). The van der Waals surface area contributed by atoms with Gasteiger partial charge in [-0.1, -0.05) is 12.1 Å². The van der Waals surface area contributed by atoms with Crippen LogP contribution in [0, 0.1) is 0 Å². The van der Waals surface area contributed by atoms with Crippen LogP contribution in [0.15, 0.2) is 78.5 Å². The topological polar surface area (TPSA) is 85.9 Å². The number of anilines is 1. The average molecular weight is 432 g/mol. The summed E-state index contributed by atoms with van der Waals surface area (Å²) in [5, 5.41) is 5.49. The average Bonchev–Trinajstić information content (AvgIpc) is 2.84. The van der Waals surface area contributed by atoms with Gasteiger partial charge in [0.25, 0.3) is 11.8 Å². The minimum absolute atomic E-state index is 0.0896. The van der Waals surface area contributed by atoms with Gasteiger partial charge in [-0.25, -0.2) is 0 Å². The molecule has 0 bridgehead atoms. The van der Waals surface area contributed by atoms with Crippen LogP contribution in [0.3, 0.4) is 0 Å². The summed E-state index contributed by atoms with van der Waals surface area (Å²) in [4.78, 5) is 25.8. The Kier molecular flexibility index (Phi) is 7.48. The van der Waals surface area contributed by atoms with Crippen LogP contribution >= 0.6 is 0 Å². The Balaban J connectivity index is 1.85. The fourth-order valence-corrected chi connectivity index (χ4v) is 2.83. The van der Waals surface area contributed by atoms with E-state index in [0.29, 0.717) is 28.5 Å². The summed E-state index contributed by atoms with van der Waals surface area (Å²) in [6.45, 7) is 0. The molecule has 0 radical (unpaired) electrons. The van der Waals surface area contributed by atoms with E-state index in [2.05, 4.69) is 10.6 Å². The van der Waals surface area contributed by atoms with Crippen LogP contribution in [0.1, 0.15) is 15.9 Å². The first-order chi connectivity index (χ1) is 15.5. The van der Waals surface area contributed by atoms with Crippen molar-refractivity contribution in [1.29, 1.82) is 0 Å². The summed E-state index contributed by atoms with van der Waals surface area (Å²) >= 11 is 0. The molecule has 0 fully saturated rings. The molecule has 3 rings (SSSR count). The van der Waals surface area contributed by atoms with Crippen LogP contribution in [0.5, 0.6) is 17.2 Å². The first-order valence-electron chi connectivity index (χ1n) is 9.79. The van der Waals surface area contributed by atoms with Crippen LogP contribution in [0.25, 0.3) is 6.08 Å². The molecule has 7 nitrogen and oxygen atoms in total. The van der Waals surface area contributed by atoms with Crippen LogP contribution < -0.4 is 24.8 Å². The predicted molar refractivity (Wildman–Crippen MR) is 123 cm³/mol. The van der Waals surface area contributed by atoms with Gasteiger partial charge in [0.05, 0.1) is 21.3 Å². The van der Waals surface area contributed by atoms with E-state index in [1.165, 1.54) is 0 Å². The molecule has 0 saturated heterocycles. The Morgan fingerprint density at radius 3 is 1.66 bits per heavy atom. The quantitative estimate of drug-likeness (QED) is 0.523. The number of hydrogen-bond acceptors (Lipinski definition) is 5. The molecule has 0 spiro atoms. The van der Waals surface area contributed by atoms with Gasteiger partial charge in [0, 0.05) is 11.3 Å². The minimum Gasteiger partial charge on any atom is -0.497 e. The lowest BCUT2D eigenvalue weighted by molar-refractivity contribution is -0.113. The van der Waals surface area contributed by atoms with Gasteiger partial charge >= 0.3 is 0 Å². The van der Waals surface area contributed by atoms with Gasteiger partial charge < -0.3 is 24.8 Å². The van der Waals surface area contributed by atoms with Crippen molar-refractivity contribution in [3.8, 4) is 17.2 Å². The van der Waals surface area contributed by atoms with Crippen LogP contribution in [-0.4, -0.2) is 33.1 Å². The molecule has 0 aromatic heterocycles. The van der Waals surface area contributed by atoms with E-state index in [-0.39, 0.29) is 5.70 Å². The summed E-state index contributed by atoms with van der Waals surface area (Å²) in [6, 6.07) is 20.6. The normalized spacial score (nSPS) is 10.8. The SMILES string of the molecule is COc1ccc(C=C(NC(=O)c2ccc(OC)cc2)C(=O)Nc2ccc(OC)cc2)cc1. The van der Waals surface area contributed by atoms with Gasteiger partial charge in [0.2, 0.25) is 0 Å². The maximum Gasteiger partial charge on any atom is 0.272 e. The molecular formula is C25H24N2O5. The highest BCUT2D eigenvalue weighted by Gasteiger charge is 2.15. The number of nitrogens with one attached hydrogen (secondary N) is 2. The van der Waals surface area contributed by atoms with Crippen molar-refractivity contribution in [2.75, 3.05) is 26.6 Å². The molecule has 0 atom stereocenters. The van der Waals surface area contributed by atoms with Crippen molar-refractivity contribution in [3.05, 3.63) is 89.6 Å². The van der Waals surface area contributed by atoms with Gasteiger partial charge in [-0.05, 0) is 72.3 Å². The number of carbonyl (C=O) groups is 2. The van der Waals surface area contributed by atoms with Gasteiger partial charge in [0.15, 0.2) is 0 Å². The van der Waals surface area contributed by atoms with Crippen molar-refractivity contribution in [1.82, 2.24) is 5.32 Å². The Hall–Kier alpha value is -4.26. The largest absolute Gasteiger partial charge is 0.497 e. The van der Waals surface area contributed by atoms with Crippen molar-refractivity contribution in [2.45, 2.75) is 0 Å². The summed E-state index contributed by atoms with van der Waals surface area (Å²) < 4.78 is 15.4. The zero-order chi connectivity index (χ0) is 22.9. The molecular weight excluding hydrogens is 408 g/mol. The summed E-state index contributed by atoms with van der Waals surface area (Å²) in [5.41, 5.74) is 1.77. The van der Waals surface area contributed by atoms with Crippen molar-refractivity contribution in [3.63, 3.8) is 0 Å². The highest BCUT2D eigenvalue weighted by atomic mass is 16.5. The van der Waals surface area contributed by atoms with Gasteiger partial charge in [-0.2, -0.15) is 0 Å². The summed E-state index contributed by atoms with van der Waals surface area (Å²) in [5.74, 6) is 1.11. The highest BCUT2D eigenvalue weighted by molar-refractivity contribution is 6.10. The number of rotatable bonds is 8. The lowest BCUT2D eigenvalue weighted by atomic mass is 10.1. The van der Waals surface area contributed by atoms with Gasteiger partial charge in [-0.3, -0.25) is 9.59 Å². The molecule has 0 heterocycles. The molecule has 32 heavy (non-hydrogen) atoms. The van der Waals surface area contributed by atoms with Crippen molar-refractivity contribution < 1.29 is 23.8 Å². The Morgan fingerprint density at radius 1 is 0.688 bits per heavy atom. The number of amides is 2. The van der Waals surface area contributed by atoms with Gasteiger partial charge in [-0.15, -0.1) is 0 Å². The Bertz CT molecular complexity index is 1090. The molecule has 164 valence electrons. The molecule has 7 heteroatoms. The molecule has 2 amide bonds. The first kappa shape index (κ1) is 22.4. The van der Waals surface area contributed by atoms with Crippen molar-refractivity contribution in [2.24, 2.45) is 0 Å². The first-order valence-corrected chi connectivity index (χ1v) is 9.79. The summed E-state index contributed by atoms with van der Waals surface area (Å²) in [6.07, 6.45) is 1.60. The molecule has 3 aromatic rings. The predicted octanol–water partition coefficient (Wildman–Crippen LogP) is 4.12. The van der Waals surface area contributed by atoms with E-state index in [0.717, 1.165) is 5.56 Å². The zero-order valence-electron chi connectivity index (χ0n) is 18.0. The maximum atomic E-state index is 13.0. The van der Waals surface area contributed by atoms with Crippen molar-refractivity contribution >= 4 is 23.6 Å². The number of benzene rings is 3. The Labute approximate surface area is 186 Å². The van der Waals surface area contributed by atoms with Crippen LogP contribution in [0.4, 0.5) is 5.69 Å². The smallest absolute Gasteiger partial charge is 0.272 e. The fraction of sp³-hybridized carbons (Fsp3) is 0.120. The van der Waals surface area contributed by atoms with Crippen LogP contribution in [0.2, 0.25) is 0 Å². The zero-order valence-corrected chi connectivity index (χ0v) is 18.0. The second-order valence-corrected chi connectivity index (χ2v) is 6.70. The third kappa shape index (κ3) is 5.89. The van der Waals surface area contributed by atoms with E-state index in [4.69, 9.17) is 14.2 Å². The minimum atomic E-state index is -0.465. The second kappa shape index (κ2) is 10.7. The van der Waals surface area contributed by atoms with E-state index < -0.39 is 11.8 Å². The number of hydrogen-bond donors (Lipinski definition) is 2. The van der Waals surface area contributed by atoms with E-state index >= 15 is 0 Å². The monoisotopic (exact) mass is 432 g/mol. The lowest BCUT2D eigenvalue weighted by Crippen LogP contribution is -2.30. The van der Waals surface area contributed by atoms with E-state index in [1.807, 2.05) is 0 Å². The van der Waals surface area contributed by atoms with E-state index in [9.17, 15) is 9.59 Å². The molecule has 0 unspecified atom stereocenters. The van der Waals surface area contributed by atoms with Crippen LogP contribution in [-0.2, 0) is 4.79 Å². The van der Waals surface area contributed by atoms with E-state index in [1.54, 1.807) is 100 Å². The molecule has 0 aliphatic heterocycles.